The van der Waals surface area contributed by atoms with Crippen molar-refractivity contribution in [3.05, 3.63) is 27.2 Å². The second-order valence-electron chi connectivity index (χ2n) is 3.41. The Morgan fingerprint density at radius 2 is 2.00 bits per heavy atom. The summed E-state index contributed by atoms with van der Waals surface area (Å²) in [5, 5.41) is 0. The fraction of sp³-hybridized carbons (Fsp3) is 0.417. The van der Waals surface area contributed by atoms with Gasteiger partial charge in [-0.15, -0.1) is 0 Å². The van der Waals surface area contributed by atoms with Crippen molar-refractivity contribution in [2.24, 2.45) is 0 Å². The maximum Gasteiger partial charge on any atom is 0.341 e. The Labute approximate surface area is 104 Å². The van der Waals surface area contributed by atoms with E-state index < -0.39 is 0 Å². The first kappa shape index (κ1) is 13.0. The molecule has 0 bridgehead atoms. The van der Waals surface area contributed by atoms with Crippen LogP contribution in [0.5, 0.6) is 5.75 Å². The molecule has 0 aliphatic heterocycles. The Bertz CT molecular complexity index is 413. The summed E-state index contributed by atoms with van der Waals surface area (Å²) in [6, 6.07) is 1.74. The number of carbonyl (C=O) groups excluding carboxylic acids is 1. The lowest BCUT2D eigenvalue weighted by atomic mass is 10.0. The van der Waals surface area contributed by atoms with Gasteiger partial charge < -0.3 is 9.47 Å². The van der Waals surface area contributed by atoms with E-state index in [-0.39, 0.29) is 5.97 Å². The van der Waals surface area contributed by atoms with Gasteiger partial charge in [-0.3, -0.25) is 0 Å². The molecule has 0 unspecified atom stereocenters. The van der Waals surface area contributed by atoms with E-state index in [0.717, 1.165) is 15.6 Å². The Balaban J connectivity index is 3.33. The first-order valence-electron chi connectivity index (χ1n) is 5.03. The van der Waals surface area contributed by atoms with Gasteiger partial charge in [-0.2, -0.15) is 0 Å². The summed E-state index contributed by atoms with van der Waals surface area (Å²) in [5.74, 6) is 0.224. The molecule has 1 aromatic rings. The van der Waals surface area contributed by atoms with Crippen molar-refractivity contribution < 1.29 is 14.3 Å². The highest BCUT2D eigenvalue weighted by Gasteiger charge is 2.18. The van der Waals surface area contributed by atoms with Crippen molar-refractivity contribution in [3.63, 3.8) is 0 Å². The predicted octanol–water partition coefficient (Wildman–Crippen LogP) is 3.25. The topological polar surface area (TPSA) is 35.5 Å². The van der Waals surface area contributed by atoms with Gasteiger partial charge in [0.1, 0.15) is 11.3 Å². The van der Waals surface area contributed by atoms with Crippen LogP contribution in [0, 0.1) is 13.8 Å². The van der Waals surface area contributed by atoms with Crippen molar-refractivity contribution in [1.82, 2.24) is 0 Å². The predicted molar refractivity (Wildman–Crippen MR) is 66.1 cm³/mol. The number of methoxy groups -OCH3 is 1. The summed E-state index contributed by atoms with van der Waals surface area (Å²) in [4.78, 5) is 11.7. The van der Waals surface area contributed by atoms with Crippen LogP contribution in [0.1, 0.15) is 28.4 Å². The molecule has 0 aliphatic rings. The molecule has 16 heavy (non-hydrogen) atoms. The first-order valence-corrected chi connectivity index (χ1v) is 5.83. The molecule has 0 spiro atoms. The van der Waals surface area contributed by atoms with Gasteiger partial charge in [0.15, 0.2) is 0 Å². The largest absolute Gasteiger partial charge is 0.496 e. The van der Waals surface area contributed by atoms with Crippen LogP contribution in [0.2, 0.25) is 0 Å². The molecule has 1 rings (SSSR count). The quantitative estimate of drug-likeness (QED) is 0.800. The molecule has 4 heteroatoms. The van der Waals surface area contributed by atoms with Gasteiger partial charge in [-0.1, -0.05) is 15.9 Å². The fourth-order valence-corrected chi connectivity index (χ4v) is 2.00. The van der Waals surface area contributed by atoms with E-state index in [1.54, 1.807) is 20.1 Å². The van der Waals surface area contributed by atoms with Crippen molar-refractivity contribution in [3.8, 4) is 5.75 Å². The van der Waals surface area contributed by atoms with E-state index in [0.29, 0.717) is 17.9 Å². The van der Waals surface area contributed by atoms with Crippen molar-refractivity contribution >= 4 is 21.9 Å². The standard InChI is InChI=1S/C12H15BrO3/c1-5-16-12(14)9-6-10(13)7(2)8(3)11(9)15-4/h6H,5H2,1-4H3. The summed E-state index contributed by atoms with van der Waals surface area (Å²) in [6.45, 7) is 6.02. The second kappa shape index (κ2) is 5.34. The van der Waals surface area contributed by atoms with E-state index in [1.807, 2.05) is 13.8 Å². The average Bonchev–Trinajstić information content (AvgIpc) is 2.26. The molecule has 0 radical (unpaired) electrons. The van der Waals surface area contributed by atoms with Crippen LogP contribution in [0.4, 0.5) is 0 Å². The maximum absolute atomic E-state index is 11.7. The van der Waals surface area contributed by atoms with Gasteiger partial charge in [0.05, 0.1) is 13.7 Å². The van der Waals surface area contributed by atoms with Crippen LogP contribution in [0.15, 0.2) is 10.5 Å². The van der Waals surface area contributed by atoms with Crippen molar-refractivity contribution in [2.75, 3.05) is 13.7 Å². The first-order chi connectivity index (χ1) is 7.52. The Hall–Kier alpha value is -1.03. The molecule has 88 valence electrons. The summed E-state index contributed by atoms with van der Waals surface area (Å²) in [5.41, 5.74) is 2.46. The minimum atomic E-state index is -0.358. The van der Waals surface area contributed by atoms with Gasteiger partial charge in [0, 0.05) is 4.47 Å². The van der Waals surface area contributed by atoms with Gasteiger partial charge in [-0.05, 0) is 38.0 Å². The summed E-state index contributed by atoms with van der Waals surface area (Å²) in [7, 11) is 1.55. The SMILES string of the molecule is CCOC(=O)c1cc(Br)c(C)c(C)c1OC. The number of hydrogen-bond donors (Lipinski definition) is 0. The molecule has 0 saturated heterocycles. The number of hydrogen-bond acceptors (Lipinski definition) is 3. The molecule has 0 amide bonds. The lowest BCUT2D eigenvalue weighted by Crippen LogP contribution is -2.08. The highest BCUT2D eigenvalue weighted by molar-refractivity contribution is 9.10. The van der Waals surface area contributed by atoms with Crippen LogP contribution in [-0.2, 0) is 4.74 Å². The normalized spacial score (nSPS) is 10.1. The number of halogens is 1. The molecule has 1 aromatic carbocycles. The molecular formula is C12H15BrO3. The minimum absolute atomic E-state index is 0.354. The van der Waals surface area contributed by atoms with Gasteiger partial charge >= 0.3 is 5.97 Å². The number of ether oxygens (including phenoxy) is 2. The molecule has 0 fully saturated rings. The molecule has 0 atom stereocenters. The van der Waals surface area contributed by atoms with Crippen LogP contribution in [0.3, 0.4) is 0 Å². The van der Waals surface area contributed by atoms with Crippen LogP contribution in [-0.4, -0.2) is 19.7 Å². The number of rotatable bonds is 3. The fourth-order valence-electron chi connectivity index (χ4n) is 1.48. The summed E-state index contributed by atoms with van der Waals surface area (Å²) < 4.78 is 11.1. The highest BCUT2D eigenvalue weighted by atomic mass is 79.9. The van der Waals surface area contributed by atoms with E-state index in [2.05, 4.69) is 15.9 Å². The lowest BCUT2D eigenvalue weighted by molar-refractivity contribution is 0.0522. The van der Waals surface area contributed by atoms with Crippen molar-refractivity contribution in [2.45, 2.75) is 20.8 Å². The zero-order chi connectivity index (χ0) is 12.3. The summed E-state index contributed by atoms with van der Waals surface area (Å²) in [6.07, 6.45) is 0. The minimum Gasteiger partial charge on any atom is -0.496 e. The molecule has 0 aromatic heterocycles. The monoisotopic (exact) mass is 286 g/mol. The number of carbonyl (C=O) groups is 1. The van der Waals surface area contributed by atoms with E-state index in [4.69, 9.17) is 9.47 Å². The Kier molecular flexibility index (Phi) is 4.35. The lowest BCUT2D eigenvalue weighted by Gasteiger charge is -2.14. The maximum atomic E-state index is 11.7. The second-order valence-corrected chi connectivity index (χ2v) is 4.26. The Morgan fingerprint density at radius 1 is 1.38 bits per heavy atom. The number of benzene rings is 1. The average molecular weight is 287 g/mol. The molecule has 0 aliphatic carbocycles. The van der Waals surface area contributed by atoms with Gasteiger partial charge in [-0.25, -0.2) is 4.79 Å². The van der Waals surface area contributed by atoms with Crippen molar-refractivity contribution in [1.29, 1.82) is 0 Å². The van der Waals surface area contributed by atoms with Crippen LogP contribution in [0.25, 0.3) is 0 Å². The third-order valence-corrected chi connectivity index (χ3v) is 3.30. The number of esters is 1. The molecule has 0 heterocycles. The van der Waals surface area contributed by atoms with Crippen LogP contribution < -0.4 is 4.74 Å². The van der Waals surface area contributed by atoms with E-state index >= 15 is 0 Å². The zero-order valence-electron chi connectivity index (χ0n) is 9.89. The molecule has 0 saturated carbocycles. The van der Waals surface area contributed by atoms with Gasteiger partial charge in [0.2, 0.25) is 0 Å². The third-order valence-electron chi connectivity index (χ3n) is 2.48. The van der Waals surface area contributed by atoms with E-state index in [1.165, 1.54) is 0 Å². The Morgan fingerprint density at radius 3 is 2.50 bits per heavy atom. The molecule has 3 nitrogen and oxygen atoms in total. The van der Waals surface area contributed by atoms with Gasteiger partial charge in [0.25, 0.3) is 0 Å². The van der Waals surface area contributed by atoms with E-state index in [9.17, 15) is 4.79 Å². The smallest absolute Gasteiger partial charge is 0.341 e. The highest BCUT2D eigenvalue weighted by Crippen LogP contribution is 2.32. The third kappa shape index (κ3) is 2.38. The summed E-state index contributed by atoms with van der Waals surface area (Å²) >= 11 is 3.42. The zero-order valence-corrected chi connectivity index (χ0v) is 11.5. The molecular weight excluding hydrogens is 272 g/mol. The molecule has 0 N–H and O–H groups in total. The van der Waals surface area contributed by atoms with Crippen LogP contribution >= 0.6 is 15.9 Å².